The van der Waals surface area contributed by atoms with Gasteiger partial charge in [0, 0.05) is 19.8 Å². The SMILES string of the molecule is COCCC(N)c1ccc(OC)cc1. The van der Waals surface area contributed by atoms with Crippen LogP contribution in [0.3, 0.4) is 0 Å². The van der Waals surface area contributed by atoms with E-state index in [4.69, 9.17) is 15.2 Å². The van der Waals surface area contributed by atoms with E-state index in [9.17, 15) is 0 Å². The first-order valence-electron chi connectivity index (χ1n) is 4.66. The summed E-state index contributed by atoms with van der Waals surface area (Å²) >= 11 is 0. The van der Waals surface area contributed by atoms with Crippen LogP contribution in [0.4, 0.5) is 0 Å². The van der Waals surface area contributed by atoms with E-state index in [2.05, 4.69) is 0 Å². The van der Waals surface area contributed by atoms with Crippen LogP contribution in [-0.2, 0) is 4.74 Å². The molecule has 2 N–H and O–H groups in total. The third-order valence-electron chi connectivity index (χ3n) is 2.18. The van der Waals surface area contributed by atoms with E-state index in [1.807, 2.05) is 24.3 Å². The van der Waals surface area contributed by atoms with Gasteiger partial charge in [-0.1, -0.05) is 12.1 Å². The van der Waals surface area contributed by atoms with Crippen molar-refractivity contribution in [2.24, 2.45) is 5.73 Å². The second-order valence-electron chi connectivity index (χ2n) is 3.16. The average Bonchev–Trinajstić information content (AvgIpc) is 2.26. The molecule has 3 nitrogen and oxygen atoms in total. The van der Waals surface area contributed by atoms with E-state index in [1.165, 1.54) is 0 Å². The van der Waals surface area contributed by atoms with E-state index in [0.717, 1.165) is 17.7 Å². The summed E-state index contributed by atoms with van der Waals surface area (Å²) in [4.78, 5) is 0. The molecule has 78 valence electrons. The minimum absolute atomic E-state index is 0.0425. The van der Waals surface area contributed by atoms with Crippen molar-refractivity contribution in [3.63, 3.8) is 0 Å². The van der Waals surface area contributed by atoms with Crippen LogP contribution in [0.2, 0.25) is 0 Å². The average molecular weight is 195 g/mol. The van der Waals surface area contributed by atoms with E-state index in [1.54, 1.807) is 14.2 Å². The fourth-order valence-corrected chi connectivity index (χ4v) is 1.26. The van der Waals surface area contributed by atoms with Crippen molar-refractivity contribution in [3.8, 4) is 5.75 Å². The minimum atomic E-state index is 0.0425. The first-order valence-corrected chi connectivity index (χ1v) is 4.66. The fourth-order valence-electron chi connectivity index (χ4n) is 1.26. The Balaban J connectivity index is 2.57. The van der Waals surface area contributed by atoms with Crippen LogP contribution >= 0.6 is 0 Å². The van der Waals surface area contributed by atoms with Gasteiger partial charge in [-0.2, -0.15) is 0 Å². The van der Waals surface area contributed by atoms with Crippen LogP contribution in [-0.4, -0.2) is 20.8 Å². The maximum absolute atomic E-state index is 5.95. The summed E-state index contributed by atoms with van der Waals surface area (Å²) in [5.41, 5.74) is 7.07. The summed E-state index contributed by atoms with van der Waals surface area (Å²) in [7, 11) is 3.33. The molecule has 0 aliphatic heterocycles. The number of rotatable bonds is 5. The van der Waals surface area contributed by atoms with Crippen LogP contribution in [0.5, 0.6) is 5.75 Å². The lowest BCUT2D eigenvalue weighted by atomic mass is 10.1. The molecule has 0 radical (unpaired) electrons. The molecule has 0 aliphatic rings. The van der Waals surface area contributed by atoms with E-state index >= 15 is 0 Å². The fraction of sp³-hybridized carbons (Fsp3) is 0.455. The normalized spacial score (nSPS) is 12.5. The largest absolute Gasteiger partial charge is 0.497 e. The van der Waals surface area contributed by atoms with Crippen LogP contribution < -0.4 is 10.5 Å². The van der Waals surface area contributed by atoms with Gasteiger partial charge in [-0.05, 0) is 24.1 Å². The monoisotopic (exact) mass is 195 g/mol. The molecule has 0 bridgehead atoms. The van der Waals surface area contributed by atoms with Crippen molar-refractivity contribution in [1.82, 2.24) is 0 Å². The third kappa shape index (κ3) is 3.01. The molecule has 0 fully saturated rings. The van der Waals surface area contributed by atoms with E-state index in [0.29, 0.717) is 6.61 Å². The summed E-state index contributed by atoms with van der Waals surface area (Å²) < 4.78 is 10.0. The molecule has 0 aromatic heterocycles. The van der Waals surface area contributed by atoms with Crippen molar-refractivity contribution < 1.29 is 9.47 Å². The Hall–Kier alpha value is -1.06. The zero-order valence-electron chi connectivity index (χ0n) is 8.69. The Kier molecular flexibility index (Phi) is 4.43. The molecule has 1 atom stereocenters. The highest BCUT2D eigenvalue weighted by molar-refractivity contribution is 5.28. The standard InChI is InChI=1S/C11H17NO2/c1-13-8-7-11(12)9-3-5-10(14-2)6-4-9/h3-6,11H,7-8,12H2,1-2H3. The molecular weight excluding hydrogens is 178 g/mol. The summed E-state index contributed by atoms with van der Waals surface area (Å²) in [6, 6.07) is 7.85. The Morgan fingerprint density at radius 1 is 1.21 bits per heavy atom. The second kappa shape index (κ2) is 5.62. The van der Waals surface area contributed by atoms with Gasteiger partial charge in [0.25, 0.3) is 0 Å². The molecule has 0 spiro atoms. The van der Waals surface area contributed by atoms with Gasteiger partial charge in [0.1, 0.15) is 5.75 Å². The van der Waals surface area contributed by atoms with Crippen LogP contribution in [0.25, 0.3) is 0 Å². The molecule has 0 aliphatic carbocycles. The topological polar surface area (TPSA) is 44.5 Å². The zero-order chi connectivity index (χ0) is 10.4. The highest BCUT2D eigenvalue weighted by Crippen LogP contribution is 2.17. The van der Waals surface area contributed by atoms with E-state index in [-0.39, 0.29) is 6.04 Å². The van der Waals surface area contributed by atoms with Crippen molar-refractivity contribution in [2.75, 3.05) is 20.8 Å². The second-order valence-corrected chi connectivity index (χ2v) is 3.16. The summed E-state index contributed by atoms with van der Waals surface area (Å²) in [5.74, 6) is 0.854. The number of benzene rings is 1. The van der Waals surface area contributed by atoms with Crippen molar-refractivity contribution in [2.45, 2.75) is 12.5 Å². The number of methoxy groups -OCH3 is 2. The number of nitrogens with two attached hydrogens (primary N) is 1. The first kappa shape index (κ1) is 11.0. The van der Waals surface area contributed by atoms with Crippen molar-refractivity contribution in [1.29, 1.82) is 0 Å². The summed E-state index contributed by atoms with van der Waals surface area (Å²) in [6.45, 7) is 0.688. The lowest BCUT2D eigenvalue weighted by Gasteiger charge is -2.11. The van der Waals surface area contributed by atoms with Crippen molar-refractivity contribution >= 4 is 0 Å². The zero-order valence-corrected chi connectivity index (χ0v) is 8.69. The van der Waals surface area contributed by atoms with Crippen LogP contribution in [0.15, 0.2) is 24.3 Å². The highest BCUT2D eigenvalue weighted by Gasteiger charge is 2.04. The summed E-state index contributed by atoms with van der Waals surface area (Å²) in [5, 5.41) is 0. The number of ether oxygens (including phenoxy) is 2. The Labute approximate surface area is 84.8 Å². The lowest BCUT2D eigenvalue weighted by Crippen LogP contribution is -2.12. The lowest BCUT2D eigenvalue weighted by molar-refractivity contribution is 0.188. The van der Waals surface area contributed by atoms with Gasteiger partial charge in [0.2, 0.25) is 0 Å². The third-order valence-corrected chi connectivity index (χ3v) is 2.18. The maximum Gasteiger partial charge on any atom is 0.118 e. The van der Waals surface area contributed by atoms with Gasteiger partial charge < -0.3 is 15.2 Å². The van der Waals surface area contributed by atoms with Crippen molar-refractivity contribution in [3.05, 3.63) is 29.8 Å². The predicted molar refractivity (Wildman–Crippen MR) is 56.4 cm³/mol. The smallest absolute Gasteiger partial charge is 0.118 e. The van der Waals surface area contributed by atoms with E-state index < -0.39 is 0 Å². The Morgan fingerprint density at radius 2 is 1.86 bits per heavy atom. The number of hydrogen-bond donors (Lipinski definition) is 1. The van der Waals surface area contributed by atoms with Gasteiger partial charge in [0.15, 0.2) is 0 Å². The molecule has 1 aromatic rings. The Morgan fingerprint density at radius 3 is 2.36 bits per heavy atom. The first-order chi connectivity index (χ1) is 6.77. The van der Waals surface area contributed by atoms with Gasteiger partial charge >= 0.3 is 0 Å². The maximum atomic E-state index is 5.95. The molecule has 3 heteroatoms. The van der Waals surface area contributed by atoms with Gasteiger partial charge in [-0.25, -0.2) is 0 Å². The summed E-state index contributed by atoms with van der Waals surface area (Å²) in [6.07, 6.45) is 0.836. The van der Waals surface area contributed by atoms with Gasteiger partial charge in [-0.3, -0.25) is 0 Å². The molecule has 1 unspecified atom stereocenters. The molecule has 0 saturated carbocycles. The predicted octanol–water partition coefficient (Wildman–Crippen LogP) is 1.73. The molecule has 14 heavy (non-hydrogen) atoms. The molecule has 0 amide bonds. The molecule has 0 saturated heterocycles. The van der Waals surface area contributed by atoms with Gasteiger partial charge in [0.05, 0.1) is 7.11 Å². The molecule has 1 aromatic carbocycles. The molecule has 1 rings (SSSR count). The number of hydrogen-bond acceptors (Lipinski definition) is 3. The minimum Gasteiger partial charge on any atom is -0.497 e. The molecule has 0 heterocycles. The van der Waals surface area contributed by atoms with Crippen LogP contribution in [0, 0.1) is 0 Å². The Bertz CT molecular complexity index is 258. The van der Waals surface area contributed by atoms with Crippen LogP contribution in [0.1, 0.15) is 18.0 Å². The highest BCUT2D eigenvalue weighted by atomic mass is 16.5. The van der Waals surface area contributed by atoms with Gasteiger partial charge in [-0.15, -0.1) is 0 Å². The molecular formula is C11H17NO2. The quantitative estimate of drug-likeness (QED) is 0.778.